The van der Waals surface area contributed by atoms with Gasteiger partial charge in [0.15, 0.2) is 5.13 Å². The minimum absolute atomic E-state index is 0.666. The van der Waals surface area contributed by atoms with Crippen molar-refractivity contribution in [2.75, 3.05) is 44.3 Å². The molecule has 2 aliphatic heterocycles. The van der Waals surface area contributed by atoms with Gasteiger partial charge in [-0.05, 0) is 37.5 Å². The molecule has 0 radical (unpaired) electrons. The monoisotopic (exact) mass is 317 g/mol. The zero-order chi connectivity index (χ0) is 15.1. The van der Waals surface area contributed by atoms with Gasteiger partial charge in [0.05, 0.1) is 23.4 Å². The largest absolute Gasteiger partial charge is 0.379 e. The van der Waals surface area contributed by atoms with E-state index >= 15 is 0 Å². The van der Waals surface area contributed by atoms with Crippen LogP contribution in [-0.2, 0) is 4.74 Å². The maximum Gasteiger partial charge on any atom is 0.186 e. The van der Waals surface area contributed by atoms with E-state index in [1.165, 1.54) is 32.9 Å². The average molecular weight is 317 g/mol. The smallest absolute Gasteiger partial charge is 0.186 e. The molecule has 1 atom stereocenters. The van der Waals surface area contributed by atoms with Gasteiger partial charge >= 0.3 is 0 Å². The molecule has 0 bridgehead atoms. The fourth-order valence-corrected chi connectivity index (χ4v) is 4.57. The quantitative estimate of drug-likeness (QED) is 0.851. The topological polar surface area (TPSA) is 28.6 Å². The van der Waals surface area contributed by atoms with Crippen LogP contribution in [0.5, 0.6) is 0 Å². The van der Waals surface area contributed by atoms with E-state index in [2.05, 4.69) is 35.8 Å². The number of aromatic nitrogens is 1. The SMILES string of the molecule is Cc1ccc2sc(N3CCC(N4CCOCC4)C3)nc2c1C. The maximum atomic E-state index is 5.47. The third kappa shape index (κ3) is 2.51. The Bertz CT molecular complexity index is 678. The number of nitrogens with zero attached hydrogens (tertiary/aromatic N) is 3. The van der Waals surface area contributed by atoms with Gasteiger partial charge in [-0.1, -0.05) is 17.4 Å². The number of hydrogen-bond acceptors (Lipinski definition) is 5. The lowest BCUT2D eigenvalue weighted by Crippen LogP contribution is -2.44. The van der Waals surface area contributed by atoms with Gasteiger partial charge in [-0.2, -0.15) is 0 Å². The summed E-state index contributed by atoms with van der Waals surface area (Å²) in [6.07, 6.45) is 1.24. The van der Waals surface area contributed by atoms with Crippen LogP contribution in [0, 0.1) is 13.8 Å². The second kappa shape index (κ2) is 5.80. The fourth-order valence-electron chi connectivity index (χ4n) is 3.51. The Labute approximate surface area is 135 Å². The molecule has 0 N–H and O–H groups in total. The number of benzene rings is 1. The van der Waals surface area contributed by atoms with Gasteiger partial charge in [0, 0.05) is 32.2 Å². The number of rotatable bonds is 2. The molecule has 4 nitrogen and oxygen atoms in total. The van der Waals surface area contributed by atoms with E-state index in [4.69, 9.17) is 9.72 Å². The normalized spacial score (nSPS) is 23.5. The van der Waals surface area contributed by atoms with E-state index in [1.807, 2.05) is 11.3 Å². The predicted molar refractivity (Wildman–Crippen MR) is 92.1 cm³/mol. The molecule has 1 aromatic heterocycles. The van der Waals surface area contributed by atoms with Crippen LogP contribution in [0.1, 0.15) is 17.5 Å². The minimum atomic E-state index is 0.666. The fraction of sp³-hybridized carbons (Fsp3) is 0.588. The van der Waals surface area contributed by atoms with Crippen LogP contribution in [0.2, 0.25) is 0 Å². The highest BCUT2D eigenvalue weighted by Gasteiger charge is 2.30. The Morgan fingerprint density at radius 1 is 1.18 bits per heavy atom. The molecule has 1 aromatic carbocycles. The van der Waals surface area contributed by atoms with Crippen LogP contribution >= 0.6 is 11.3 Å². The first kappa shape index (κ1) is 14.4. The van der Waals surface area contributed by atoms with Crippen molar-refractivity contribution in [3.63, 3.8) is 0 Å². The Morgan fingerprint density at radius 2 is 2.00 bits per heavy atom. The Hall–Kier alpha value is -1.17. The molecule has 2 saturated heterocycles. The Kier molecular flexibility index (Phi) is 3.80. The molecule has 3 heterocycles. The number of anilines is 1. The molecule has 22 heavy (non-hydrogen) atoms. The highest BCUT2D eigenvalue weighted by Crippen LogP contribution is 2.34. The van der Waals surface area contributed by atoms with Crippen molar-refractivity contribution in [2.24, 2.45) is 0 Å². The number of morpholine rings is 1. The molecule has 2 aliphatic rings. The number of ether oxygens (including phenoxy) is 1. The Balaban J connectivity index is 1.54. The van der Waals surface area contributed by atoms with Crippen LogP contribution in [0.15, 0.2) is 12.1 Å². The molecule has 5 heteroatoms. The van der Waals surface area contributed by atoms with Crippen LogP contribution < -0.4 is 4.90 Å². The van der Waals surface area contributed by atoms with Crippen LogP contribution in [0.25, 0.3) is 10.2 Å². The van der Waals surface area contributed by atoms with Crippen molar-refractivity contribution in [3.8, 4) is 0 Å². The zero-order valence-corrected chi connectivity index (χ0v) is 14.2. The summed E-state index contributed by atoms with van der Waals surface area (Å²) in [4.78, 5) is 10.00. The van der Waals surface area contributed by atoms with Crippen molar-refractivity contribution in [3.05, 3.63) is 23.3 Å². The average Bonchev–Trinajstić information content (AvgIpc) is 3.19. The van der Waals surface area contributed by atoms with E-state index in [9.17, 15) is 0 Å². The van der Waals surface area contributed by atoms with Crippen molar-refractivity contribution in [1.82, 2.24) is 9.88 Å². The summed E-state index contributed by atoms with van der Waals surface area (Å²) in [5.74, 6) is 0. The van der Waals surface area contributed by atoms with Crippen molar-refractivity contribution >= 4 is 26.7 Å². The summed E-state index contributed by atoms with van der Waals surface area (Å²) < 4.78 is 6.78. The Morgan fingerprint density at radius 3 is 2.82 bits per heavy atom. The van der Waals surface area contributed by atoms with Crippen LogP contribution in [0.4, 0.5) is 5.13 Å². The molecule has 0 aliphatic carbocycles. The summed E-state index contributed by atoms with van der Waals surface area (Å²) in [6.45, 7) is 10.5. The first-order chi connectivity index (χ1) is 10.7. The number of aryl methyl sites for hydroxylation is 2. The second-order valence-electron chi connectivity index (χ2n) is 6.39. The third-order valence-corrected chi connectivity index (χ3v) is 6.15. The van der Waals surface area contributed by atoms with Gasteiger partial charge in [-0.15, -0.1) is 0 Å². The van der Waals surface area contributed by atoms with Crippen molar-refractivity contribution in [1.29, 1.82) is 0 Å². The number of thiazole rings is 1. The molecule has 4 rings (SSSR count). The standard InChI is InChI=1S/C17H23N3OS/c1-12-3-4-15-16(13(12)2)18-17(22-15)20-6-5-14(11-20)19-7-9-21-10-8-19/h3-4,14H,5-11H2,1-2H3. The first-order valence-electron chi connectivity index (χ1n) is 8.16. The lowest BCUT2D eigenvalue weighted by Gasteiger charge is -2.32. The van der Waals surface area contributed by atoms with E-state index < -0.39 is 0 Å². The summed E-state index contributed by atoms with van der Waals surface area (Å²) in [5, 5.41) is 1.19. The highest BCUT2D eigenvalue weighted by molar-refractivity contribution is 7.22. The summed E-state index contributed by atoms with van der Waals surface area (Å²) in [6, 6.07) is 5.09. The minimum Gasteiger partial charge on any atom is -0.379 e. The number of hydrogen-bond donors (Lipinski definition) is 0. The van der Waals surface area contributed by atoms with Gasteiger partial charge in [-0.3, -0.25) is 4.90 Å². The molecule has 0 spiro atoms. The van der Waals surface area contributed by atoms with E-state index in [1.54, 1.807) is 0 Å². The molecule has 2 aromatic rings. The van der Waals surface area contributed by atoms with Crippen molar-refractivity contribution < 1.29 is 4.74 Å². The summed E-state index contributed by atoms with van der Waals surface area (Å²) in [5.41, 5.74) is 3.84. The lowest BCUT2D eigenvalue weighted by atomic mass is 10.1. The van der Waals surface area contributed by atoms with Crippen molar-refractivity contribution in [2.45, 2.75) is 26.3 Å². The van der Waals surface area contributed by atoms with Gasteiger partial charge in [-0.25, -0.2) is 4.98 Å². The number of fused-ring (bicyclic) bond motifs is 1. The van der Waals surface area contributed by atoms with Gasteiger partial charge in [0.2, 0.25) is 0 Å². The lowest BCUT2D eigenvalue weighted by molar-refractivity contribution is 0.0209. The molecule has 2 fully saturated rings. The van der Waals surface area contributed by atoms with Crippen LogP contribution in [0.3, 0.4) is 0 Å². The molecular formula is C17H23N3OS. The molecular weight excluding hydrogens is 294 g/mol. The highest BCUT2D eigenvalue weighted by atomic mass is 32.1. The molecule has 1 unspecified atom stereocenters. The summed E-state index contributed by atoms with van der Waals surface area (Å²) in [7, 11) is 0. The van der Waals surface area contributed by atoms with Gasteiger partial charge in [0.1, 0.15) is 0 Å². The molecule has 118 valence electrons. The molecule has 0 amide bonds. The predicted octanol–water partition coefficient (Wildman–Crippen LogP) is 2.82. The third-order valence-electron chi connectivity index (χ3n) is 5.07. The van der Waals surface area contributed by atoms with E-state index in [0.29, 0.717) is 6.04 Å². The van der Waals surface area contributed by atoms with Crippen LogP contribution in [-0.4, -0.2) is 55.3 Å². The maximum absolute atomic E-state index is 5.47. The van der Waals surface area contributed by atoms with Gasteiger partial charge < -0.3 is 9.64 Å². The van der Waals surface area contributed by atoms with E-state index in [-0.39, 0.29) is 0 Å². The zero-order valence-electron chi connectivity index (χ0n) is 13.3. The second-order valence-corrected chi connectivity index (χ2v) is 7.40. The summed E-state index contributed by atoms with van der Waals surface area (Å²) >= 11 is 1.84. The first-order valence-corrected chi connectivity index (χ1v) is 8.97. The molecule has 0 saturated carbocycles. The van der Waals surface area contributed by atoms with E-state index in [0.717, 1.165) is 39.4 Å². The van der Waals surface area contributed by atoms with Gasteiger partial charge in [0.25, 0.3) is 0 Å².